The van der Waals surface area contributed by atoms with Crippen molar-refractivity contribution >= 4 is 16.1 Å². The minimum Gasteiger partial charge on any atom is -0.497 e. The number of ether oxygens (including phenoxy) is 1. The fourth-order valence-corrected chi connectivity index (χ4v) is 5.46. The van der Waals surface area contributed by atoms with Crippen LogP contribution in [0.15, 0.2) is 24.3 Å². The van der Waals surface area contributed by atoms with Gasteiger partial charge in [-0.05, 0) is 50.3 Å². The fraction of sp³-hybridized carbons (Fsp3) is 0.632. The number of nitrogens with one attached hydrogen (secondary N) is 1. The molecule has 8 heteroatoms. The van der Waals surface area contributed by atoms with Gasteiger partial charge < -0.3 is 10.1 Å². The summed E-state index contributed by atoms with van der Waals surface area (Å²) < 4.78 is 33.5. The van der Waals surface area contributed by atoms with E-state index in [2.05, 4.69) is 5.32 Å². The molecule has 0 radical (unpaired) electrons. The van der Waals surface area contributed by atoms with Crippen molar-refractivity contribution in [2.24, 2.45) is 5.92 Å². The van der Waals surface area contributed by atoms with Gasteiger partial charge in [0.15, 0.2) is 0 Å². The van der Waals surface area contributed by atoms with Gasteiger partial charge >= 0.3 is 0 Å². The Hall–Kier alpha value is -1.64. The molecule has 2 heterocycles. The summed E-state index contributed by atoms with van der Waals surface area (Å²) in [6.07, 6.45) is 2.99. The first-order valence-electron chi connectivity index (χ1n) is 9.61. The quantitative estimate of drug-likeness (QED) is 0.798. The third kappa shape index (κ3) is 4.62. The predicted molar refractivity (Wildman–Crippen MR) is 104 cm³/mol. The van der Waals surface area contributed by atoms with E-state index in [0.717, 1.165) is 24.2 Å². The second-order valence-electron chi connectivity index (χ2n) is 7.29. The van der Waals surface area contributed by atoms with E-state index in [1.807, 2.05) is 31.2 Å². The van der Waals surface area contributed by atoms with Crippen molar-refractivity contribution in [2.45, 2.75) is 38.6 Å². The van der Waals surface area contributed by atoms with Crippen LogP contribution in [0.1, 0.15) is 44.2 Å². The molecule has 3 rings (SSSR count). The highest BCUT2D eigenvalue weighted by Gasteiger charge is 2.35. The lowest BCUT2D eigenvalue weighted by Gasteiger charge is -2.33. The Morgan fingerprint density at radius 2 is 1.63 bits per heavy atom. The third-order valence-electron chi connectivity index (χ3n) is 5.52. The summed E-state index contributed by atoms with van der Waals surface area (Å²) in [6, 6.07) is 7.53. The topological polar surface area (TPSA) is 79.0 Å². The lowest BCUT2D eigenvalue weighted by atomic mass is 9.96. The van der Waals surface area contributed by atoms with E-state index in [4.69, 9.17) is 4.74 Å². The number of carbonyl (C=O) groups excluding carboxylic acids is 1. The first kappa shape index (κ1) is 20.1. The van der Waals surface area contributed by atoms with Crippen LogP contribution in [-0.2, 0) is 15.0 Å². The monoisotopic (exact) mass is 395 g/mol. The van der Waals surface area contributed by atoms with Gasteiger partial charge in [-0.25, -0.2) is 0 Å². The molecule has 0 saturated carbocycles. The molecule has 1 aromatic rings. The Morgan fingerprint density at radius 3 is 2.19 bits per heavy atom. The van der Waals surface area contributed by atoms with Crippen molar-refractivity contribution in [3.63, 3.8) is 0 Å². The van der Waals surface area contributed by atoms with Gasteiger partial charge in [-0.2, -0.15) is 17.0 Å². The minimum absolute atomic E-state index is 0.00321. The Balaban J connectivity index is 1.52. The van der Waals surface area contributed by atoms with Crippen LogP contribution < -0.4 is 10.1 Å². The molecule has 150 valence electrons. The second-order valence-corrected chi connectivity index (χ2v) is 9.22. The summed E-state index contributed by atoms with van der Waals surface area (Å²) in [5.74, 6) is 0.635. The molecule has 0 spiro atoms. The number of rotatable bonds is 6. The Labute approximate surface area is 161 Å². The standard InChI is InChI=1S/C19H29N3O4S/c1-15(16-5-7-18(26-2)8-6-16)20-19(23)17-9-13-22(14-10-17)27(24,25)21-11-3-4-12-21/h5-8,15,17H,3-4,9-14H2,1-2H3,(H,20,23). The first-order valence-corrected chi connectivity index (χ1v) is 11.0. The molecule has 0 aliphatic carbocycles. The number of hydrogen-bond acceptors (Lipinski definition) is 4. The second kappa shape index (κ2) is 8.58. The van der Waals surface area contributed by atoms with Gasteiger partial charge in [0, 0.05) is 32.1 Å². The lowest BCUT2D eigenvalue weighted by Crippen LogP contribution is -2.48. The summed E-state index contributed by atoms with van der Waals surface area (Å²) in [5, 5.41) is 3.05. The van der Waals surface area contributed by atoms with Gasteiger partial charge in [0.1, 0.15) is 5.75 Å². The number of benzene rings is 1. The van der Waals surface area contributed by atoms with Crippen molar-refractivity contribution in [3.05, 3.63) is 29.8 Å². The van der Waals surface area contributed by atoms with E-state index >= 15 is 0 Å². The molecule has 0 aromatic heterocycles. The Bertz CT molecular complexity index is 737. The van der Waals surface area contributed by atoms with E-state index in [1.165, 1.54) is 4.31 Å². The highest BCUT2D eigenvalue weighted by atomic mass is 32.2. The largest absolute Gasteiger partial charge is 0.497 e. The Morgan fingerprint density at radius 1 is 1.07 bits per heavy atom. The van der Waals surface area contributed by atoms with Gasteiger partial charge in [0.25, 0.3) is 10.2 Å². The maximum Gasteiger partial charge on any atom is 0.281 e. The van der Waals surface area contributed by atoms with Crippen molar-refractivity contribution < 1.29 is 17.9 Å². The van der Waals surface area contributed by atoms with Crippen LogP contribution in [0, 0.1) is 5.92 Å². The van der Waals surface area contributed by atoms with Crippen LogP contribution in [0.3, 0.4) is 0 Å². The molecule has 1 aromatic carbocycles. The van der Waals surface area contributed by atoms with Crippen LogP contribution in [0.2, 0.25) is 0 Å². The molecule has 2 saturated heterocycles. The zero-order valence-corrected chi connectivity index (χ0v) is 16.9. The highest BCUT2D eigenvalue weighted by molar-refractivity contribution is 7.86. The number of methoxy groups -OCH3 is 1. The molecule has 2 fully saturated rings. The molecule has 7 nitrogen and oxygen atoms in total. The van der Waals surface area contributed by atoms with Gasteiger partial charge in [0.2, 0.25) is 5.91 Å². The van der Waals surface area contributed by atoms with Crippen LogP contribution in [0.25, 0.3) is 0 Å². The number of amides is 1. The summed E-state index contributed by atoms with van der Waals surface area (Å²) in [4.78, 5) is 12.6. The molecule has 2 aliphatic heterocycles. The summed E-state index contributed by atoms with van der Waals surface area (Å²) in [5.41, 5.74) is 1.01. The first-order chi connectivity index (χ1) is 12.9. The maximum absolute atomic E-state index is 12.6. The fourth-order valence-electron chi connectivity index (χ4n) is 3.74. The van der Waals surface area contributed by atoms with Gasteiger partial charge in [-0.15, -0.1) is 0 Å². The zero-order chi connectivity index (χ0) is 19.4. The van der Waals surface area contributed by atoms with Crippen molar-refractivity contribution in [1.29, 1.82) is 0 Å². The number of piperidine rings is 1. The molecule has 27 heavy (non-hydrogen) atoms. The van der Waals surface area contributed by atoms with E-state index in [-0.39, 0.29) is 17.9 Å². The number of nitrogens with zero attached hydrogens (tertiary/aromatic N) is 2. The molecule has 1 unspecified atom stereocenters. The summed E-state index contributed by atoms with van der Waals surface area (Å²) >= 11 is 0. The normalized spacial score (nSPS) is 21.1. The predicted octanol–water partition coefficient (Wildman–Crippen LogP) is 1.92. The molecule has 1 atom stereocenters. The number of hydrogen-bond donors (Lipinski definition) is 1. The average molecular weight is 396 g/mol. The highest BCUT2D eigenvalue weighted by Crippen LogP contribution is 2.25. The molecular formula is C19H29N3O4S. The molecule has 2 aliphatic rings. The van der Waals surface area contributed by atoms with E-state index in [0.29, 0.717) is 39.0 Å². The summed E-state index contributed by atoms with van der Waals surface area (Å²) in [7, 11) is -1.74. The van der Waals surface area contributed by atoms with Gasteiger partial charge in [-0.1, -0.05) is 12.1 Å². The van der Waals surface area contributed by atoms with Crippen LogP contribution in [-0.4, -0.2) is 56.2 Å². The molecule has 1 amide bonds. The average Bonchev–Trinajstić information content (AvgIpc) is 3.24. The van der Waals surface area contributed by atoms with Crippen molar-refractivity contribution in [2.75, 3.05) is 33.3 Å². The van der Waals surface area contributed by atoms with Gasteiger partial charge in [0.05, 0.1) is 13.2 Å². The van der Waals surface area contributed by atoms with Crippen molar-refractivity contribution in [1.82, 2.24) is 13.9 Å². The molecule has 0 bridgehead atoms. The van der Waals surface area contributed by atoms with E-state index in [9.17, 15) is 13.2 Å². The smallest absolute Gasteiger partial charge is 0.281 e. The van der Waals surface area contributed by atoms with E-state index < -0.39 is 10.2 Å². The van der Waals surface area contributed by atoms with Crippen LogP contribution in [0.4, 0.5) is 0 Å². The SMILES string of the molecule is COc1ccc(C(C)NC(=O)C2CCN(S(=O)(=O)N3CCCC3)CC2)cc1. The van der Waals surface area contributed by atoms with E-state index in [1.54, 1.807) is 11.4 Å². The number of carbonyl (C=O) groups is 1. The maximum atomic E-state index is 12.6. The summed E-state index contributed by atoms with van der Waals surface area (Å²) in [6.45, 7) is 4.00. The third-order valence-corrected chi connectivity index (χ3v) is 7.55. The molecular weight excluding hydrogens is 366 g/mol. The van der Waals surface area contributed by atoms with Crippen LogP contribution in [0.5, 0.6) is 5.75 Å². The lowest BCUT2D eigenvalue weighted by molar-refractivity contribution is -0.126. The minimum atomic E-state index is -3.36. The van der Waals surface area contributed by atoms with Crippen LogP contribution >= 0.6 is 0 Å². The zero-order valence-electron chi connectivity index (χ0n) is 16.1. The van der Waals surface area contributed by atoms with Crippen molar-refractivity contribution in [3.8, 4) is 5.75 Å². The molecule has 1 N–H and O–H groups in total. The van der Waals surface area contributed by atoms with Gasteiger partial charge in [-0.3, -0.25) is 4.79 Å². The Kier molecular flexibility index (Phi) is 6.39.